The Morgan fingerprint density at radius 1 is 1.12 bits per heavy atom. The van der Waals surface area contributed by atoms with Crippen LogP contribution in [0.15, 0.2) is 18.3 Å². The maximum Gasteiger partial charge on any atom is 0.148 e. The van der Waals surface area contributed by atoms with Crippen LogP contribution in [0.1, 0.15) is 5.56 Å². The second kappa shape index (κ2) is 4.17. The van der Waals surface area contributed by atoms with Crippen molar-refractivity contribution in [3.63, 3.8) is 0 Å². The first kappa shape index (κ1) is 11.6. The van der Waals surface area contributed by atoms with Crippen molar-refractivity contribution in [2.24, 2.45) is 0 Å². The maximum absolute atomic E-state index is 6.05. The summed E-state index contributed by atoms with van der Waals surface area (Å²) in [6.07, 6.45) is 1.78. The van der Waals surface area contributed by atoms with Gasteiger partial charge in [-0.3, -0.25) is 0 Å². The van der Waals surface area contributed by atoms with Crippen LogP contribution in [0.2, 0.25) is 15.1 Å². The molecular formula is C10H8Cl3N3. The maximum atomic E-state index is 6.05. The number of nitrogens with two attached hydrogens (primary N) is 1. The fourth-order valence-electron chi connectivity index (χ4n) is 1.28. The van der Waals surface area contributed by atoms with Crippen molar-refractivity contribution in [3.8, 4) is 5.69 Å². The molecule has 0 amide bonds. The van der Waals surface area contributed by atoms with Crippen LogP contribution < -0.4 is 5.73 Å². The lowest BCUT2D eigenvalue weighted by Crippen LogP contribution is -1.97. The van der Waals surface area contributed by atoms with Gasteiger partial charge in [0.05, 0.1) is 20.8 Å². The zero-order chi connectivity index (χ0) is 11.9. The van der Waals surface area contributed by atoms with E-state index < -0.39 is 0 Å². The summed E-state index contributed by atoms with van der Waals surface area (Å²) >= 11 is 17.8. The van der Waals surface area contributed by atoms with Crippen molar-refractivity contribution in [2.45, 2.75) is 6.92 Å². The van der Waals surface area contributed by atoms with Gasteiger partial charge >= 0.3 is 0 Å². The minimum Gasteiger partial charge on any atom is -0.382 e. The quantitative estimate of drug-likeness (QED) is 0.807. The van der Waals surface area contributed by atoms with Crippen LogP contribution >= 0.6 is 34.8 Å². The molecule has 1 aromatic carbocycles. The summed E-state index contributed by atoms with van der Waals surface area (Å²) in [6.45, 7) is 1.87. The third kappa shape index (κ3) is 1.98. The minimum absolute atomic E-state index is 0.410. The summed E-state index contributed by atoms with van der Waals surface area (Å²) in [4.78, 5) is 0. The zero-order valence-corrected chi connectivity index (χ0v) is 10.6. The number of nitrogens with zero attached hydrogens (tertiary/aromatic N) is 2. The van der Waals surface area contributed by atoms with Crippen molar-refractivity contribution in [2.75, 3.05) is 5.73 Å². The summed E-state index contributed by atoms with van der Waals surface area (Å²) in [5.74, 6) is 0.460. The van der Waals surface area contributed by atoms with Gasteiger partial charge in [-0.05, 0) is 19.1 Å². The Hall–Kier alpha value is -0.900. The molecule has 2 N–H and O–H groups in total. The van der Waals surface area contributed by atoms with Crippen molar-refractivity contribution in [1.82, 2.24) is 9.78 Å². The molecule has 3 nitrogen and oxygen atoms in total. The molecule has 6 heteroatoms. The van der Waals surface area contributed by atoms with Gasteiger partial charge in [0.25, 0.3) is 0 Å². The van der Waals surface area contributed by atoms with Crippen molar-refractivity contribution in [1.29, 1.82) is 0 Å². The van der Waals surface area contributed by atoms with Gasteiger partial charge in [0.15, 0.2) is 0 Å². The lowest BCUT2D eigenvalue weighted by Gasteiger charge is -2.05. The summed E-state index contributed by atoms with van der Waals surface area (Å²) in [5, 5.41) is 5.42. The number of aryl methyl sites for hydroxylation is 1. The van der Waals surface area contributed by atoms with Gasteiger partial charge in [-0.1, -0.05) is 34.8 Å². The molecular weight excluding hydrogens is 268 g/mol. The number of anilines is 1. The van der Waals surface area contributed by atoms with Crippen LogP contribution in [-0.2, 0) is 0 Å². The number of hydrogen-bond acceptors (Lipinski definition) is 2. The van der Waals surface area contributed by atoms with Gasteiger partial charge < -0.3 is 5.73 Å². The molecule has 0 saturated heterocycles. The number of hydrogen-bond donors (Lipinski definition) is 1. The Balaban J connectivity index is 2.60. The molecule has 0 radical (unpaired) electrons. The Morgan fingerprint density at radius 2 is 1.75 bits per heavy atom. The molecule has 1 aromatic heterocycles. The molecule has 0 atom stereocenters. The Kier molecular flexibility index (Phi) is 3.02. The summed E-state index contributed by atoms with van der Waals surface area (Å²) in [5.41, 5.74) is 7.19. The van der Waals surface area contributed by atoms with E-state index in [2.05, 4.69) is 5.10 Å². The number of halogens is 3. The molecule has 2 rings (SSSR count). The fourth-order valence-corrected chi connectivity index (χ4v) is 1.91. The van der Waals surface area contributed by atoms with E-state index in [1.807, 2.05) is 6.92 Å². The van der Waals surface area contributed by atoms with Crippen molar-refractivity contribution < 1.29 is 0 Å². The number of nitrogen functional groups attached to an aromatic ring is 1. The molecule has 16 heavy (non-hydrogen) atoms. The van der Waals surface area contributed by atoms with Crippen LogP contribution in [0.25, 0.3) is 5.69 Å². The number of rotatable bonds is 1. The molecule has 0 aliphatic rings. The Morgan fingerprint density at radius 3 is 2.31 bits per heavy atom. The van der Waals surface area contributed by atoms with Crippen LogP contribution in [-0.4, -0.2) is 9.78 Å². The smallest absolute Gasteiger partial charge is 0.148 e. The van der Waals surface area contributed by atoms with E-state index >= 15 is 0 Å². The highest BCUT2D eigenvalue weighted by Gasteiger charge is 2.10. The highest BCUT2D eigenvalue weighted by Crippen LogP contribution is 2.31. The molecule has 0 fully saturated rings. The number of benzene rings is 1. The largest absolute Gasteiger partial charge is 0.382 e. The molecule has 0 spiro atoms. The third-order valence-corrected chi connectivity index (χ3v) is 3.20. The topological polar surface area (TPSA) is 43.8 Å². The van der Waals surface area contributed by atoms with Gasteiger partial charge in [-0.15, -0.1) is 0 Å². The van der Waals surface area contributed by atoms with Crippen molar-refractivity contribution >= 4 is 40.6 Å². The Labute approximate surface area is 108 Å². The predicted molar refractivity (Wildman–Crippen MR) is 67.7 cm³/mol. The SMILES string of the molecule is Cc1cn(-c2cc(Cl)c(Cl)cc2Cl)nc1N. The summed E-state index contributed by atoms with van der Waals surface area (Å²) in [6, 6.07) is 3.23. The molecule has 0 bridgehead atoms. The normalized spacial score (nSPS) is 10.8. The molecule has 0 unspecified atom stereocenters. The minimum atomic E-state index is 0.410. The summed E-state index contributed by atoms with van der Waals surface area (Å²) < 4.78 is 1.58. The first-order chi connectivity index (χ1) is 7.49. The van der Waals surface area contributed by atoms with E-state index in [0.717, 1.165) is 5.56 Å². The Bertz CT molecular complexity index is 529. The van der Waals surface area contributed by atoms with Crippen molar-refractivity contribution in [3.05, 3.63) is 39.0 Å². The lowest BCUT2D eigenvalue weighted by molar-refractivity contribution is 0.886. The molecule has 0 aliphatic heterocycles. The molecule has 0 aliphatic carbocycles. The molecule has 0 saturated carbocycles. The molecule has 1 heterocycles. The summed E-state index contributed by atoms with van der Waals surface area (Å²) in [7, 11) is 0. The van der Waals surface area contributed by atoms with Crippen LogP contribution in [0.5, 0.6) is 0 Å². The van der Waals surface area contributed by atoms with Gasteiger partial charge in [0, 0.05) is 11.8 Å². The monoisotopic (exact) mass is 275 g/mol. The average Bonchev–Trinajstić information content (AvgIpc) is 2.53. The molecule has 84 valence electrons. The predicted octanol–water partition coefficient (Wildman–Crippen LogP) is 3.72. The van der Waals surface area contributed by atoms with E-state index in [4.69, 9.17) is 40.5 Å². The highest BCUT2D eigenvalue weighted by atomic mass is 35.5. The van der Waals surface area contributed by atoms with E-state index in [9.17, 15) is 0 Å². The fraction of sp³-hybridized carbons (Fsp3) is 0.100. The first-order valence-corrected chi connectivity index (χ1v) is 5.59. The molecule has 2 aromatic rings. The van der Waals surface area contributed by atoms with Crippen LogP contribution in [0.3, 0.4) is 0 Å². The number of aromatic nitrogens is 2. The second-order valence-electron chi connectivity index (χ2n) is 3.36. The van der Waals surface area contributed by atoms with Crippen LogP contribution in [0, 0.1) is 6.92 Å². The van der Waals surface area contributed by atoms with Gasteiger partial charge in [0.2, 0.25) is 0 Å². The van der Waals surface area contributed by atoms with E-state index in [1.165, 1.54) is 0 Å². The lowest BCUT2D eigenvalue weighted by atomic mass is 10.3. The zero-order valence-electron chi connectivity index (χ0n) is 8.34. The van der Waals surface area contributed by atoms with E-state index in [-0.39, 0.29) is 0 Å². The average molecular weight is 277 g/mol. The van der Waals surface area contributed by atoms with E-state index in [1.54, 1.807) is 23.0 Å². The second-order valence-corrected chi connectivity index (χ2v) is 4.58. The van der Waals surface area contributed by atoms with Gasteiger partial charge in [-0.25, -0.2) is 4.68 Å². The van der Waals surface area contributed by atoms with E-state index in [0.29, 0.717) is 26.6 Å². The van der Waals surface area contributed by atoms with Gasteiger partial charge in [-0.2, -0.15) is 5.10 Å². The third-order valence-electron chi connectivity index (χ3n) is 2.17. The van der Waals surface area contributed by atoms with Gasteiger partial charge in [0.1, 0.15) is 5.82 Å². The van der Waals surface area contributed by atoms with Crippen LogP contribution in [0.4, 0.5) is 5.82 Å². The highest BCUT2D eigenvalue weighted by molar-refractivity contribution is 6.43. The standard InChI is InChI=1S/C10H8Cl3N3/c1-5-4-16(15-10(5)14)9-3-7(12)6(11)2-8(9)13/h2-4H,1H3,(H2,14,15). The first-order valence-electron chi connectivity index (χ1n) is 4.45.